The van der Waals surface area contributed by atoms with Crippen molar-refractivity contribution < 1.29 is 14.7 Å². The van der Waals surface area contributed by atoms with Crippen molar-refractivity contribution in [2.75, 3.05) is 18.9 Å². The summed E-state index contributed by atoms with van der Waals surface area (Å²) < 4.78 is 0. The molecule has 2 amide bonds. The zero-order valence-corrected chi connectivity index (χ0v) is 12.0. The second-order valence-electron chi connectivity index (χ2n) is 4.66. The number of rotatable bonds is 3. The van der Waals surface area contributed by atoms with Gasteiger partial charge in [0.2, 0.25) is 0 Å². The third-order valence-corrected chi connectivity index (χ3v) is 4.63. The fourth-order valence-corrected chi connectivity index (χ4v) is 3.49. The van der Waals surface area contributed by atoms with Crippen LogP contribution in [0, 0.1) is 0 Å². The molecule has 104 valence electrons. The minimum absolute atomic E-state index is 0.261. The van der Waals surface area contributed by atoms with Crippen LogP contribution in [0.25, 0.3) is 0 Å². The van der Waals surface area contributed by atoms with Crippen LogP contribution in [-0.2, 0) is 12.8 Å². The van der Waals surface area contributed by atoms with Gasteiger partial charge in [-0.3, -0.25) is 5.32 Å². The van der Waals surface area contributed by atoms with E-state index in [2.05, 4.69) is 5.32 Å². The van der Waals surface area contributed by atoms with Crippen LogP contribution in [0.2, 0.25) is 0 Å². The van der Waals surface area contributed by atoms with Gasteiger partial charge in [0.05, 0.1) is 5.56 Å². The van der Waals surface area contributed by atoms with E-state index < -0.39 is 5.97 Å². The number of fused-ring (bicyclic) bond motifs is 1. The molecule has 0 spiro atoms. The van der Waals surface area contributed by atoms with E-state index in [4.69, 9.17) is 0 Å². The fraction of sp³-hybridized carbons (Fsp3) is 0.538. The van der Waals surface area contributed by atoms with Crippen LogP contribution < -0.4 is 5.32 Å². The number of carboxylic acids is 1. The maximum Gasteiger partial charge on any atom is 0.339 e. The summed E-state index contributed by atoms with van der Waals surface area (Å²) in [6.07, 6.45) is 3.83. The summed E-state index contributed by atoms with van der Waals surface area (Å²) in [7, 11) is 1.68. The third-order valence-electron chi connectivity index (χ3n) is 3.43. The lowest BCUT2D eigenvalue weighted by atomic mass is 9.95. The predicted octanol–water partition coefficient (Wildman–Crippen LogP) is 2.81. The molecule has 1 aromatic rings. The summed E-state index contributed by atoms with van der Waals surface area (Å²) in [6, 6.07) is -0.261. The highest BCUT2D eigenvalue weighted by Gasteiger charge is 2.26. The van der Waals surface area contributed by atoms with Gasteiger partial charge in [0.25, 0.3) is 0 Å². The first kappa shape index (κ1) is 13.9. The van der Waals surface area contributed by atoms with Crippen molar-refractivity contribution in [3.8, 4) is 0 Å². The second-order valence-corrected chi connectivity index (χ2v) is 5.77. The topological polar surface area (TPSA) is 69.6 Å². The lowest BCUT2D eigenvalue weighted by Crippen LogP contribution is -2.31. The number of carboxylic acid groups (broad SMARTS) is 1. The van der Waals surface area contributed by atoms with Crippen molar-refractivity contribution in [2.45, 2.75) is 32.6 Å². The number of aromatic carboxylic acids is 1. The van der Waals surface area contributed by atoms with Crippen molar-refractivity contribution in [1.82, 2.24) is 4.90 Å². The summed E-state index contributed by atoms with van der Waals surface area (Å²) in [6.45, 7) is 2.45. The number of nitrogens with zero attached hydrogens (tertiary/aromatic N) is 1. The molecule has 19 heavy (non-hydrogen) atoms. The molecule has 1 aliphatic rings. The Bertz CT molecular complexity index is 510. The number of thiophene rings is 1. The second kappa shape index (κ2) is 5.61. The van der Waals surface area contributed by atoms with Crippen molar-refractivity contribution >= 4 is 28.3 Å². The summed E-state index contributed by atoms with van der Waals surface area (Å²) in [4.78, 5) is 25.9. The summed E-state index contributed by atoms with van der Waals surface area (Å²) in [5, 5.41) is 12.6. The van der Waals surface area contributed by atoms with Crippen LogP contribution >= 0.6 is 11.3 Å². The minimum atomic E-state index is -0.950. The number of anilines is 1. The first-order valence-electron chi connectivity index (χ1n) is 6.44. The monoisotopic (exact) mass is 282 g/mol. The van der Waals surface area contributed by atoms with Gasteiger partial charge in [-0.15, -0.1) is 11.3 Å². The van der Waals surface area contributed by atoms with Crippen LogP contribution in [-0.4, -0.2) is 35.6 Å². The molecule has 2 N–H and O–H groups in total. The molecule has 0 saturated carbocycles. The molecule has 0 atom stereocenters. The van der Waals surface area contributed by atoms with Gasteiger partial charge in [-0.25, -0.2) is 9.59 Å². The molecule has 5 nitrogen and oxygen atoms in total. The number of nitrogens with one attached hydrogen (secondary N) is 1. The van der Waals surface area contributed by atoms with E-state index in [-0.39, 0.29) is 11.6 Å². The Balaban J connectivity index is 2.32. The molecule has 0 bridgehead atoms. The summed E-state index contributed by atoms with van der Waals surface area (Å²) in [5.74, 6) is -0.950. The highest BCUT2D eigenvalue weighted by atomic mass is 32.1. The number of hydrogen-bond acceptors (Lipinski definition) is 3. The standard InChI is InChI=1S/C13H18N2O3S/c1-3-15(2)13(18)14-11-10(12(16)17)8-6-4-5-7-9(8)19-11/h3-7H2,1-2H3,(H,14,18)(H,16,17). The van der Waals surface area contributed by atoms with Gasteiger partial charge in [0.1, 0.15) is 5.00 Å². The number of urea groups is 1. The Labute approximate surface area is 116 Å². The smallest absolute Gasteiger partial charge is 0.339 e. The van der Waals surface area contributed by atoms with Crippen molar-refractivity contribution in [3.05, 3.63) is 16.0 Å². The average Bonchev–Trinajstić information content (AvgIpc) is 2.75. The maximum atomic E-state index is 11.9. The van der Waals surface area contributed by atoms with Crippen molar-refractivity contribution in [2.24, 2.45) is 0 Å². The molecule has 0 aliphatic heterocycles. The Morgan fingerprint density at radius 2 is 2.05 bits per heavy atom. The van der Waals surface area contributed by atoms with Gasteiger partial charge in [0.15, 0.2) is 0 Å². The number of aryl methyl sites for hydroxylation is 1. The fourth-order valence-electron chi connectivity index (χ4n) is 2.22. The van der Waals surface area contributed by atoms with E-state index in [0.29, 0.717) is 11.5 Å². The minimum Gasteiger partial charge on any atom is -0.478 e. The molecule has 1 aliphatic carbocycles. The molecule has 0 radical (unpaired) electrons. The molecule has 1 heterocycles. The number of hydrogen-bond donors (Lipinski definition) is 2. The van der Waals surface area contributed by atoms with Crippen LogP contribution in [0.4, 0.5) is 9.80 Å². The Hall–Kier alpha value is -1.56. The molecule has 0 saturated heterocycles. The maximum absolute atomic E-state index is 11.9. The van der Waals surface area contributed by atoms with E-state index in [1.54, 1.807) is 7.05 Å². The Kier molecular flexibility index (Phi) is 4.09. The number of carbonyl (C=O) groups is 2. The van der Waals surface area contributed by atoms with Gasteiger partial charge >= 0.3 is 12.0 Å². The van der Waals surface area contributed by atoms with Crippen molar-refractivity contribution in [1.29, 1.82) is 0 Å². The molecule has 0 fully saturated rings. The van der Waals surface area contributed by atoms with E-state index in [1.807, 2.05) is 6.92 Å². The van der Waals surface area contributed by atoms with Crippen LogP contribution in [0.15, 0.2) is 0 Å². The first-order valence-corrected chi connectivity index (χ1v) is 7.26. The molecular weight excluding hydrogens is 264 g/mol. The van der Waals surface area contributed by atoms with E-state index in [1.165, 1.54) is 16.2 Å². The van der Waals surface area contributed by atoms with Gasteiger partial charge in [-0.05, 0) is 38.2 Å². The highest BCUT2D eigenvalue weighted by molar-refractivity contribution is 7.17. The molecule has 6 heteroatoms. The number of amides is 2. The quantitative estimate of drug-likeness (QED) is 0.895. The predicted molar refractivity (Wildman–Crippen MR) is 75.2 cm³/mol. The van der Waals surface area contributed by atoms with E-state index in [9.17, 15) is 14.7 Å². The number of carbonyl (C=O) groups excluding carboxylic acids is 1. The lowest BCUT2D eigenvalue weighted by Gasteiger charge is -2.15. The lowest BCUT2D eigenvalue weighted by molar-refractivity contribution is 0.0697. The largest absolute Gasteiger partial charge is 0.478 e. The SMILES string of the molecule is CCN(C)C(=O)Nc1sc2c(c1C(=O)O)CCCC2. The van der Waals surface area contributed by atoms with Crippen LogP contribution in [0.3, 0.4) is 0 Å². The normalized spacial score (nSPS) is 13.8. The van der Waals surface area contributed by atoms with Gasteiger partial charge in [0, 0.05) is 18.5 Å². The zero-order chi connectivity index (χ0) is 14.0. The molecule has 0 aromatic carbocycles. The summed E-state index contributed by atoms with van der Waals surface area (Å²) >= 11 is 1.41. The molecule has 0 unspecified atom stereocenters. The van der Waals surface area contributed by atoms with Gasteiger partial charge in [-0.2, -0.15) is 0 Å². The third kappa shape index (κ3) is 2.73. The first-order chi connectivity index (χ1) is 9.04. The zero-order valence-electron chi connectivity index (χ0n) is 11.2. The highest BCUT2D eigenvalue weighted by Crippen LogP contribution is 2.38. The van der Waals surface area contributed by atoms with Gasteiger partial charge < -0.3 is 10.0 Å². The average molecular weight is 282 g/mol. The van der Waals surface area contributed by atoms with Crippen molar-refractivity contribution in [3.63, 3.8) is 0 Å². The van der Waals surface area contributed by atoms with E-state index >= 15 is 0 Å². The molecule has 2 rings (SSSR count). The van der Waals surface area contributed by atoms with Gasteiger partial charge in [-0.1, -0.05) is 0 Å². The van der Waals surface area contributed by atoms with Crippen LogP contribution in [0.1, 0.15) is 40.6 Å². The summed E-state index contributed by atoms with van der Waals surface area (Å²) in [5.41, 5.74) is 1.20. The Morgan fingerprint density at radius 1 is 1.37 bits per heavy atom. The molecule has 1 aromatic heterocycles. The van der Waals surface area contributed by atoms with Crippen LogP contribution in [0.5, 0.6) is 0 Å². The Morgan fingerprint density at radius 3 is 2.68 bits per heavy atom. The van der Waals surface area contributed by atoms with E-state index in [0.717, 1.165) is 36.1 Å². The molecular formula is C13H18N2O3S.